The molecule has 6 heteroatoms. The van der Waals surface area contributed by atoms with E-state index in [1.54, 1.807) is 0 Å². The maximum atomic E-state index is 12.5. The van der Waals surface area contributed by atoms with Crippen LogP contribution in [0.3, 0.4) is 0 Å². The topological polar surface area (TPSA) is 95.9 Å². The van der Waals surface area contributed by atoms with E-state index in [-0.39, 0.29) is 18.5 Å². The van der Waals surface area contributed by atoms with E-state index >= 15 is 0 Å². The molecule has 6 nitrogen and oxygen atoms in total. The van der Waals surface area contributed by atoms with Crippen LogP contribution in [0.2, 0.25) is 0 Å². The first kappa shape index (κ1) is 76.3. The van der Waals surface area contributed by atoms with Gasteiger partial charge in [-0.05, 0) is 57.8 Å². The molecule has 0 bridgehead atoms. The summed E-state index contributed by atoms with van der Waals surface area (Å²) in [5, 5.41) is 23.3. The molecule has 0 saturated heterocycles. The summed E-state index contributed by atoms with van der Waals surface area (Å²) in [7, 11) is 0. The van der Waals surface area contributed by atoms with E-state index in [1.165, 1.54) is 321 Å². The van der Waals surface area contributed by atoms with Crippen LogP contribution in [0.15, 0.2) is 24.3 Å². The zero-order valence-electron chi connectivity index (χ0n) is 52.9. The summed E-state index contributed by atoms with van der Waals surface area (Å²) in [5.41, 5.74) is 0. The number of carbonyl (C=O) groups excluding carboxylic acids is 2. The first-order valence-corrected chi connectivity index (χ1v) is 35.6. The van der Waals surface area contributed by atoms with Gasteiger partial charge in [-0.2, -0.15) is 0 Å². The third-order valence-electron chi connectivity index (χ3n) is 16.8. The molecule has 0 aromatic rings. The fourth-order valence-electron chi connectivity index (χ4n) is 11.3. The van der Waals surface area contributed by atoms with Crippen LogP contribution in [0.1, 0.15) is 399 Å². The van der Waals surface area contributed by atoms with Gasteiger partial charge >= 0.3 is 5.97 Å². The Morgan fingerprint density at radius 3 is 0.974 bits per heavy atom. The molecule has 1 amide bonds. The van der Waals surface area contributed by atoms with Crippen LogP contribution < -0.4 is 5.32 Å². The van der Waals surface area contributed by atoms with Crippen LogP contribution in [0.25, 0.3) is 0 Å². The molecule has 0 spiro atoms. The summed E-state index contributed by atoms with van der Waals surface area (Å²) < 4.78 is 5.50. The predicted octanol–water partition coefficient (Wildman–Crippen LogP) is 22.9. The molecule has 0 aliphatic rings. The van der Waals surface area contributed by atoms with Crippen molar-refractivity contribution < 1.29 is 24.5 Å². The molecule has 0 aliphatic carbocycles. The minimum Gasteiger partial charge on any atom is -0.466 e. The van der Waals surface area contributed by atoms with Gasteiger partial charge in [0.05, 0.1) is 25.4 Å². The Bertz CT molecular complexity index is 1220. The summed E-state index contributed by atoms with van der Waals surface area (Å²) in [6.45, 7) is 4.99. The van der Waals surface area contributed by atoms with Gasteiger partial charge in [0.1, 0.15) is 0 Å². The largest absolute Gasteiger partial charge is 0.466 e. The van der Waals surface area contributed by atoms with E-state index in [0.29, 0.717) is 25.9 Å². The minimum atomic E-state index is -0.665. The molecule has 2 unspecified atom stereocenters. The first-order valence-electron chi connectivity index (χ1n) is 35.6. The second-order valence-electron chi connectivity index (χ2n) is 24.6. The highest BCUT2D eigenvalue weighted by Gasteiger charge is 2.20. The smallest absolute Gasteiger partial charge is 0.305 e. The molecular formula is C72H139NO5. The number of aliphatic hydroxyl groups excluding tert-OH is 2. The average Bonchev–Trinajstić information content (AvgIpc) is 3.44. The Morgan fingerprint density at radius 2 is 0.641 bits per heavy atom. The molecule has 0 aromatic carbocycles. The lowest BCUT2D eigenvalue weighted by Crippen LogP contribution is -2.45. The molecule has 0 aromatic heterocycles. The van der Waals surface area contributed by atoms with Gasteiger partial charge in [-0.3, -0.25) is 9.59 Å². The number of amides is 1. The van der Waals surface area contributed by atoms with Gasteiger partial charge in [0, 0.05) is 12.8 Å². The third kappa shape index (κ3) is 63.5. The Kier molecular flexibility index (Phi) is 66.4. The van der Waals surface area contributed by atoms with Gasteiger partial charge in [0.25, 0.3) is 0 Å². The van der Waals surface area contributed by atoms with Gasteiger partial charge in [-0.25, -0.2) is 0 Å². The minimum absolute atomic E-state index is 0.0162. The maximum absolute atomic E-state index is 12.5. The van der Waals surface area contributed by atoms with Crippen LogP contribution in [-0.4, -0.2) is 47.4 Å². The molecule has 0 radical (unpaired) electrons. The van der Waals surface area contributed by atoms with Crippen LogP contribution in [0.4, 0.5) is 0 Å². The zero-order valence-corrected chi connectivity index (χ0v) is 52.9. The SMILES string of the molecule is CCCCCCCCCCCCCCCCCCC(=O)OCCCCCCCCCCC/C=C\C/C=C\CCCCCCCCCCCCCCCC(=O)NC(CO)C(O)CCCCCCCCCCCCCCCCCC. The standard InChI is InChI=1S/C72H139NO5/c1-3-5-7-9-11-13-15-17-19-36-40-44-48-52-56-60-64-70(75)69(68-74)73-71(76)65-61-57-53-49-45-41-37-34-32-30-28-26-24-22-21-23-25-27-29-31-33-35-39-43-47-51-55-59-63-67-78-72(77)66-62-58-54-50-46-42-38-20-18-16-14-12-10-8-6-4-2/h21,23,27,29,69-70,74-75H,3-20,22,24-26,28,30-68H2,1-2H3,(H,73,76)/b23-21-,29-27-. The summed E-state index contributed by atoms with van der Waals surface area (Å²) in [5.74, 6) is -0.0166. The number of aliphatic hydroxyl groups is 2. The highest BCUT2D eigenvalue weighted by molar-refractivity contribution is 5.76. The number of hydrogen-bond donors (Lipinski definition) is 3. The molecule has 3 N–H and O–H groups in total. The molecular weight excluding hydrogens is 959 g/mol. The molecule has 78 heavy (non-hydrogen) atoms. The molecule has 0 saturated carbocycles. The quantitative estimate of drug-likeness (QED) is 0.0320. The zero-order chi connectivity index (χ0) is 56.4. The lowest BCUT2D eigenvalue weighted by Gasteiger charge is -2.22. The van der Waals surface area contributed by atoms with Crippen molar-refractivity contribution in [2.75, 3.05) is 13.2 Å². The van der Waals surface area contributed by atoms with Gasteiger partial charge in [-0.15, -0.1) is 0 Å². The number of ether oxygens (including phenoxy) is 1. The van der Waals surface area contributed by atoms with E-state index in [9.17, 15) is 19.8 Å². The van der Waals surface area contributed by atoms with Crippen molar-refractivity contribution in [2.24, 2.45) is 0 Å². The predicted molar refractivity (Wildman–Crippen MR) is 343 cm³/mol. The fraction of sp³-hybridized carbons (Fsp3) is 0.917. The number of nitrogens with one attached hydrogen (secondary N) is 1. The summed E-state index contributed by atoms with van der Waals surface area (Å²) >= 11 is 0. The number of unbranched alkanes of at least 4 members (excludes halogenated alkanes) is 52. The van der Waals surface area contributed by atoms with Gasteiger partial charge in [-0.1, -0.05) is 353 Å². The van der Waals surface area contributed by atoms with Crippen molar-refractivity contribution >= 4 is 11.9 Å². The highest BCUT2D eigenvalue weighted by atomic mass is 16.5. The lowest BCUT2D eigenvalue weighted by atomic mass is 10.0. The molecule has 0 fully saturated rings. The van der Waals surface area contributed by atoms with E-state index in [2.05, 4.69) is 43.5 Å². The molecule has 0 heterocycles. The average molecular weight is 1100 g/mol. The maximum Gasteiger partial charge on any atom is 0.305 e. The molecule has 0 aliphatic heterocycles. The summed E-state index contributed by atoms with van der Waals surface area (Å²) in [6.07, 6.45) is 85.1. The van der Waals surface area contributed by atoms with Crippen molar-refractivity contribution in [2.45, 2.75) is 411 Å². The Morgan fingerprint density at radius 1 is 0.359 bits per heavy atom. The number of hydrogen-bond acceptors (Lipinski definition) is 5. The fourth-order valence-corrected chi connectivity index (χ4v) is 11.3. The second-order valence-corrected chi connectivity index (χ2v) is 24.6. The van der Waals surface area contributed by atoms with Crippen molar-refractivity contribution in [1.82, 2.24) is 5.32 Å². The highest BCUT2D eigenvalue weighted by Crippen LogP contribution is 2.19. The number of allylic oxidation sites excluding steroid dienone is 4. The Hall–Kier alpha value is -1.66. The number of esters is 1. The molecule has 2 atom stereocenters. The number of carbonyl (C=O) groups is 2. The van der Waals surface area contributed by atoms with Crippen molar-refractivity contribution in [3.63, 3.8) is 0 Å². The first-order chi connectivity index (χ1) is 38.5. The second kappa shape index (κ2) is 67.8. The van der Waals surface area contributed by atoms with Crippen LogP contribution in [0.5, 0.6) is 0 Å². The normalized spacial score (nSPS) is 12.6. The van der Waals surface area contributed by atoms with E-state index in [0.717, 1.165) is 44.9 Å². The summed E-state index contributed by atoms with van der Waals surface area (Å²) in [4.78, 5) is 24.6. The van der Waals surface area contributed by atoms with Crippen molar-refractivity contribution in [3.8, 4) is 0 Å². The lowest BCUT2D eigenvalue weighted by molar-refractivity contribution is -0.143. The van der Waals surface area contributed by atoms with Gasteiger partial charge < -0.3 is 20.3 Å². The van der Waals surface area contributed by atoms with Crippen molar-refractivity contribution in [3.05, 3.63) is 24.3 Å². The van der Waals surface area contributed by atoms with Crippen molar-refractivity contribution in [1.29, 1.82) is 0 Å². The van der Waals surface area contributed by atoms with Crippen LogP contribution >= 0.6 is 0 Å². The monoisotopic (exact) mass is 1100 g/mol. The van der Waals surface area contributed by atoms with E-state index < -0.39 is 12.1 Å². The number of rotatable bonds is 67. The molecule has 0 rings (SSSR count). The molecule has 462 valence electrons. The van der Waals surface area contributed by atoms with Gasteiger partial charge in [0.2, 0.25) is 5.91 Å². The van der Waals surface area contributed by atoms with E-state index in [4.69, 9.17) is 4.74 Å². The van der Waals surface area contributed by atoms with Gasteiger partial charge in [0.15, 0.2) is 0 Å². The third-order valence-corrected chi connectivity index (χ3v) is 16.8. The Balaban J connectivity index is 3.38. The Labute approximate surface area is 488 Å². The van der Waals surface area contributed by atoms with Crippen LogP contribution in [0, 0.1) is 0 Å². The summed E-state index contributed by atoms with van der Waals surface area (Å²) in [6, 6.07) is -0.542. The van der Waals surface area contributed by atoms with E-state index in [1.807, 2.05) is 0 Å². The van der Waals surface area contributed by atoms with Crippen LogP contribution in [-0.2, 0) is 14.3 Å².